The molecule has 0 unspecified atom stereocenters. The van der Waals surface area contributed by atoms with Crippen LogP contribution in [0, 0.1) is 0 Å². The Morgan fingerprint density at radius 2 is 1.48 bits per heavy atom. The average molecular weight is 345 g/mol. The van der Waals surface area contributed by atoms with Gasteiger partial charge in [0.2, 0.25) is 5.95 Å². The first-order valence-corrected chi connectivity index (χ1v) is 7.66. The van der Waals surface area contributed by atoms with Gasteiger partial charge in [-0.2, -0.15) is 0 Å². The van der Waals surface area contributed by atoms with E-state index < -0.39 is 11.9 Å². The van der Waals surface area contributed by atoms with Crippen molar-refractivity contribution < 1.29 is 19.8 Å². The van der Waals surface area contributed by atoms with Crippen LogP contribution in [-0.4, -0.2) is 68.2 Å². The molecule has 2 aromatic heterocycles. The van der Waals surface area contributed by atoms with Crippen molar-refractivity contribution in [3.8, 4) is 0 Å². The van der Waals surface area contributed by atoms with E-state index in [0.29, 0.717) is 0 Å². The molecule has 1 saturated heterocycles. The summed E-state index contributed by atoms with van der Waals surface area (Å²) in [4.78, 5) is 35.8. The number of piperazine rings is 1. The van der Waals surface area contributed by atoms with E-state index in [0.717, 1.165) is 44.4 Å². The van der Waals surface area contributed by atoms with Crippen molar-refractivity contribution in [3.63, 3.8) is 0 Å². The highest BCUT2D eigenvalue weighted by Crippen LogP contribution is 2.11. The summed E-state index contributed by atoms with van der Waals surface area (Å²) in [5.41, 5.74) is 1.13. The zero-order valence-electron chi connectivity index (χ0n) is 13.5. The summed E-state index contributed by atoms with van der Waals surface area (Å²) in [7, 11) is 0. The van der Waals surface area contributed by atoms with E-state index in [1.54, 1.807) is 12.4 Å². The van der Waals surface area contributed by atoms with Crippen molar-refractivity contribution in [2.45, 2.75) is 6.54 Å². The summed E-state index contributed by atoms with van der Waals surface area (Å²) >= 11 is 0. The van der Waals surface area contributed by atoms with Crippen molar-refractivity contribution in [3.05, 3.63) is 48.5 Å². The Bertz CT molecular complexity index is 663. The average Bonchev–Trinajstić information content (AvgIpc) is 2.64. The van der Waals surface area contributed by atoms with Gasteiger partial charge in [-0.05, 0) is 18.2 Å². The van der Waals surface area contributed by atoms with Crippen molar-refractivity contribution in [2.24, 2.45) is 0 Å². The van der Waals surface area contributed by atoms with Gasteiger partial charge in [0.25, 0.3) is 0 Å². The lowest BCUT2D eigenvalue weighted by Crippen LogP contribution is -2.46. The lowest BCUT2D eigenvalue weighted by atomic mass is 10.3. The number of carboxylic acids is 2. The van der Waals surface area contributed by atoms with E-state index >= 15 is 0 Å². The Balaban J connectivity index is 0.000000326. The molecule has 9 nitrogen and oxygen atoms in total. The maximum absolute atomic E-state index is 9.10. The highest BCUT2D eigenvalue weighted by atomic mass is 16.4. The Hall–Kier alpha value is -3.07. The van der Waals surface area contributed by atoms with E-state index in [1.165, 1.54) is 0 Å². The van der Waals surface area contributed by atoms with Crippen LogP contribution in [-0.2, 0) is 16.1 Å². The molecule has 3 rings (SSSR count). The fraction of sp³-hybridized carbons (Fsp3) is 0.312. The number of nitrogens with zero attached hydrogens (tertiary/aromatic N) is 5. The van der Waals surface area contributed by atoms with E-state index in [4.69, 9.17) is 19.8 Å². The topological polar surface area (TPSA) is 120 Å². The second-order valence-corrected chi connectivity index (χ2v) is 5.24. The smallest absolute Gasteiger partial charge is 0.414 e. The number of rotatable bonds is 3. The van der Waals surface area contributed by atoms with Crippen LogP contribution in [0.1, 0.15) is 5.69 Å². The maximum atomic E-state index is 9.10. The summed E-state index contributed by atoms with van der Waals surface area (Å²) in [6.07, 6.45) is 5.44. The summed E-state index contributed by atoms with van der Waals surface area (Å²) < 4.78 is 0. The maximum Gasteiger partial charge on any atom is 0.414 e. The largest absolute Gasteiger partial charge is 0.473 e. The first-order chi connectivity index (χ1) is 12.1. The standard InChI is InChI=1S/C14H17N5.C2H2O4/c1-2-5-15-13(4-1)12-18-8-10-19(11-9-18)14-16-6-3-7-17-14;3-1(4)2(5)6/h1-7H,8-12H2;(H,3,4)(H,5,6). The molecule has 2 N–H and O–H groups in total. The number of hydrogen-bond donors (Lipinski definition) is 2. The number of anilines is 1. The van der Waals surface area contributed by atoms with Crippen molar-refractivity contribution in [1.29, 1.82) is 0 Å². The monoisotopic (exact) mass is 345 g/mol. The normalized spacial score (nSPS) is 14.3. The second-order valence-electron chi connectivity index (χ2n) is 5.24. The molecule has 25 heavy (non-hydrogen) atoms. The molecule has 0 saturated carbocycles. The molecule has 0 spiro atoms. The summed E-state index contributed by atoms with van der Waals surface area (Å²) in [6.45, 7) is 4.90. The second kappa shape index (κ2) is 9.28. The van der Waals surface area contributed by atoms with E-state index in [-0.39, 0.29) is 0 Å². The highest BCUT2D eigenvalue weighted by Gasteiger charge is 2.18. The number of aromatic nitrogens is 3. The minimum Gasteiger partial charge on any atom is -0.473 e. The van der Waals surface area contributed by atoms with Gasteiger partial charge in [-0.3, -0.25) is 9.88 Å². The number of hydrogen-bond acceptors (Lipinski definition) is 7. The molecule has 1 aliphatic heterocycles. The molecule has 0 bridgehead atoms. The van der Waals surface area contributed by atoms with Crippen LogP contribution < -0.4 is 4.90 Å². The third-order valence-corrected chi connectivity index (χ3v) is 3.50. The van der Waals surface area contributed by atoms with Crippen LogP contribution in [0.5, 0.6) is 0 Å². The summed E-state index contributed by atoms with van der Waals surface area (Å²) in [6, 6.07) is 7.91. The third-order valence-electron chi connectivity index (χ3n) is 3.50. The predicted molar refractivity (Wildman–Crippen MR) is 89.0 cm³/mol. The van der Waals surface area contributed by atoms with Gasteiger partial charge in [-0.15, -0.1) is 0 Å². The number of carboxylic acid groups (broad SMARTS) is 2. The van der Waals surface area contributed by atoms with Crippen LogP contribution in [0.3, 0.4) is 0 Å². The molecule has 1 aliphatic rings. The molecule has 9 heteroatoms. The molecular weight excluding hydrogens is 326 g/mol. The van der Waals surface area contributed by atoms with Gasteiger partial charge in [0.15, 0.2) is 0 Å². The molecule has 0 atom stereocenters. The fourth-order valence-electron chi connectivity index (χ4n) is 2.28. The van der Waals surface area contributed by atoms with E-state index in [1.807, 2.05) is 24.4 Å². The Kier molecular flexibility index (Phi) is 6.78. The number of pyridine rings is 1. The van der Waals surface area contributed by atoms with Gasteiger partial charge in [0.05, 0.1) is 5.69 Å². The molecule has 1 fully saturated rings. The molecule has 0 amide bonds. The molecule has 0 aliphatic carbocycles. The van der Waals surface area contributed by atoms with Gasteiger partial charge >= 0.3 is 11.9 Å². The van der Waals surface area contributed by atoms with E-state index in [9.17, 15) is 0 Å². The van der Waals surface area contributed by atoms with Gasteiger partial charge in [-0.1, -0.05) is 6.07 Å². The molecular formula is C16H19N5O4. The highest BCUT2D eigenvalue weighted by molar-refractivity contribution is 6.27. The molecule has 3 heterocycles. The first-order valence-electron chi connectivity index (χ1n) is 7.66. The van der Waals surface area contributed by atoms with Crippen LogP contribution in [0.2, 0.25) is 0 Å². The van der Waals surface area contributed by atoms with Crippen molar-refractivity contribution in [2.75, 3.05) is 31.1 Å². The van der Waals surface area contributed by atoms with Crippen LogP contribution in [0.25, 0.3) is 0 Å². The fourth-order valence-corrected chi connectivity index (χ4v) is 2.28. The third kappa shape index (κ3) is 6.15. The Morgan fingerprint density at radius 1 is 0.880 bits per heavy atom. The Labute approximate surface area is 144 Å². The number of carbonyl (C=O) groups is 2. The van der Waals surface area contributed by atoms with Gasteiger partial charge in [0, 0.05) is 51.3 Å². The SMILES string of the molecule is O=C(O)C(=O)O.c1ccc(CN2CCN(c3ncccn3)CC2)nc1. The summed E-state index contributed by atoms with van der Waals surface area (Å²) in [5, 5.41) is 14.8. The van der Waals surface area contributed by atoms with Crippen LogP contribution in [0.15, 0.2) is 42.9 Å². The van der Waals surface area contributed by atoms with Gasteiger partial charge < -0.3 is 15.1 Å². The zero-order valence-corrected chi connectivity index (χ0v) is 13.5. The van der Waals surface area contributed by atoms with Crippen LogP contribution in [0.4, 0.5) is 5.95 Å². The van der Waals surface area contributed by atoms with E-state index in [2.05, 4.69) is 30.8 Å². The number of aliphatic carboxylic acids is 2. The van der Waals surface area contributed by atoms with Gasteiger partial charge in [-0.25, -0.2) is 19.6 Å². The molecule has 2 aromatic rings. The minimum atomic E-state index is -1.82. The molecule has 0 radical (unpaired) electrons. The predicted octanol–water partition coefficient (Wildman–Crippen LogP) is 0.349. The quantitative estimate of drug-likeness (QED) is 0.759. The zero-order chi connectivity index (χ0) is 18.1. The van der Waals surface area contributed by atoms with Crippen molar-refractivity contribution >= 4 is 17.9 Å². The van der Waals surface area contributed by atoms with Crippen molar-refractivity contribution in [1.82, 2.24) is 19.9 Å². The Morgan fingerprint density at radius 3 is 2.00 bits per heavy atom. The first kappa shape index (κ1) is 18.3. The lowest BCUT2D eigenvalue weighted by molar-refractivity contribution is -0.159. The minimum absolute atomic E-state index is 0.833. The molecule has 132 valence electrons. The van der Waals surface area contributed by atoms with Crippen LogP contribution >= 0.6 is 0 Å². The van der Waals surface area contributed by atoms with Gasteiger partial charge in [0.1, 0.15) is 0 Å². The molecule has 0 aromatic carbocycles. The summed E-state index contributed by atoms with van der Waals surface area (Å²) in [5.74, 6) is -2.81. The lowest BCUT2D eigenvalue weighted by Gasteiger charge is -2.34.